The van der Waals surface area contributed by atoms with Gasteiger partial charge in [0.25, 0.3) is 0 Å². The first-order chi connectivity index (χ1) is 6.26. The molecule has 13 heavy (non-hydrogen) atoms. The first kappa shape index (κ1) is 10.9. The SMILES string of the molecule is NCC(O)CN1CCC(CO)CC1. The quantitative estimate of drug-likeness (QED) is 0.530. The van der Waals surface area contributed by atoms with Crippen LogP contribution in [0.3, 0.4) is 0 Å². The molecule has 1 heterocycles. The van der Waals surface area contributed by atoms with Gasteiger partial charge in [-0.25, -0.2) is 0 Å². The molecule has 0 bridgehead atoms. The molecule has 4 nitrogen and oxygen atoms in total. The van der Waals surface area contributed by atoms with Gasteiger partial charge in [0.1, 0.15) is 0 Å². The average Bonchev–Trinajstić information content (AvgIpc) is 2.19. The molecule has 0 radical (unpaired) electrons. The van der Waals surface area contributed by atoms with Crippen LogP contribution >= 0.6 is 0 Å². The Bertz CT molecular complexity index is 136. The molecule has 0 spiro atoms. The summed E-state index contributed by atoms with van der Waals surface area (Å²) in [7, 11) is 0. The Morgan fingerprint density at radius 1 is 1.38 bits per heavy atom. The second-order valence-electron chi connectivity index (χ2n) is 3.82. The molecular formula is C9H20N2O2. The highest BCUT2D eigenvalue weighted by atomic mass is 16.3. The number of β-amino-alcohol motifs (C(OH)–C–C–N with tert-alkyl or cyclic N) is 1. The zero-order valence-electron chi connectivity index (χ0n) is 8.02. The molecule has 0 aromatic rings. The van der Waals surface area contributed by atoms with Crippen molar-refractivity contribution in [2.24, 2.45) is 11.7 Å². The molecule has 4 heteroatoms. The van der Waals surface area contributed by atoms with Crippen molar-refractivity contribution >= 4 is 0 Å². The van der Waals surface area contributed by atoms with Crippen LogP contribution in [-0.4, -0.2) is 54.0 Å². The molecule has 1 aliphatic rings. The molecule has 1 saturated heterocycles. The summed E-state index contributed by atoms with van der Waals surface area (Å²) in [5.41, 5.74) is 5.33. The lowest BCUT2D eigenvalue weighted by Crippen LogP contribution is -2.41. The van der Waals surface area contributed by atoms with Gasteiger partial charge in [-0.15, -0.1) is 0 Å². The van der Waals surface area contributed by atoms with E-state index in [1.165, 1.54) is 0 Å². The third kappa shape index (κ3) is 3.60. The van der Waals surface area contributed by atoms with Gasteiger partial charge in [0.05, 0.1) is 6.10 Å². The first-order valence-electron chi connectivity index (χ1n) is 4.97. The Hall–Kier alpha value is -0.160. The van der Waals surface area contributed by atoms with E-state index in [4.69, 9.17) is 10.8 Å². The molecular weight excluding hydrogens is 168 g/mol. The van der Waals surface area contributed by atoms with Crippen molar-refractivity contribution in [2.75, 3.05) is 32.8 Å². The maximum absolute atomic E-state index is 9.32. The van der Waals surface area contributed by atoms with Crippen molar-refractivity contribution in [1.29, 1.82) is 0 Å². The summed E-state index contributed by atoms with van der Waals surface area (Å²) in [4.78, 5) is 2.21. The summed E-state index contributed by atoms with van der Waals surface area (Å²) in [5, 5.41) is 18.2. The van der Waals surface area contributed by atoms with Gasteiger partial charge in [0, 0.05) is 19.7 Å². The van der Waals surface area contributed by atoms with E-state index < -0.39 is 6.10 Å². The second-order valence-corrected chi connectivity index (χ2v) is 3.82. The van der Waals surface area contributed by atoms with E-state index in [-0.39, 0.29) is 0 Å². The van der Waals surface area contributed by atoms with Gasteiger partial charge in [0.2, 0.25) is 0 Å². The number of aliphatic hydroxyl groups excluding tert-OH is 2. The van der Waals surface area contributed by atoms with Crippen LogP contribution in [0.1, 0.15) is 12.8 Å². The van der Waals surface area contributed by atoms with E-state index in [1.807, 2.05) is 0 Å². The highest BCUT2D eigenvalue weighted by Gasteiger charge is 2.19. The van der Waals surface area contributed by atoms with E-state index in [0.29, 0.717) is 25.6 Å². The third-order valence-corrected chi connectivity index (χ3v) is 2.71. The van der Waals surface area contributed by atoms with Crippen LogP contribution < -0.4 is 5.73 Å². The lowest BCUT2D eigenvalue weighted by Gasteiger charge is -2.32. The number of nitrogens with zero attached hydrogens (tertiary/aromatic N) is 1. The highest BCUT2D eigenvalue weighted by molar-refractivity contribution is 4.73. The van der Waals surface area contributed by atoms with Gasteiger partial charge >= 0.3 is 0 Å². The van der Waals surface area contributed by atoms with E-state index in [0.717, 1.165) is 25.9 Å². The molecule has 1 rings (SSSR count). The van der Waals surface area contributed by atoms with Crippen LogP contribution in [0, 0.1) is 5.92 Å². The predicted molar refractivity (Wildman–Crippen MR) is 51.3 cm³/mol. The monoisotopic (exact) mass is 188 g/mol. The van der Waals surface area contributed by atoms with E-state index in [1.54, 1.807) is 0 Å². The Kier molecular flexibility index (Phi) is 4.66. The van der Waals surface area contributed by atoms with Crippen molar-refractivity contribution < 1.29 is 10.2 Å². The van der Waals surface area contributed by atoms with E-state index in [2.05, 4.69) is 4.90 Å². The van der Waals surface area contributed by atoms with Gasteiger partial charge in [-0.2, -0.15) is 0 Å². The minimum atomic E-state index is -0.398. The molecule has 78 valence electrons. The van der Waals surface area contributed by atoms with E-state index >= 15 is 0 Å². The second kappa shape index (κ2) is 5.54. The number of rotatable bonds is 4. The molecule has 0 aromatic carbocycles. The van der Waals surface area contributed by atoms with Crippen LogP contribution in [0.5, 0.6) is 0 Å². The lowest BCUT2D eigenvalue weighted by molar-refractivity contribution is 0.0802. The fraction of sp³-hybridized carbons (Fsp3) is 1.00. The minimum absolute atomic E-state index is 0.299. The van der Waals surface area contributed by atoms with Crippen LogP contribution in [-0.2, 0) is 0 Å². The molecule has 1 aliphatic heterocycles. The Morgan fingerprint density at radius 3 is 2.46 bits per heavy atom. The van der Waals surface area contributed by atoms with Crippen LogP contribution in [0.15, 0.2) is 0 Å². The van der Waals surface area contributed by atoms with Crippen molar-refractivity contribution in [3.8, 4) is 0 Å². The van der Waals surface area contributed by atoms with Gasteiger partial charge < -0.3 is 20.8 Å². The predicted octanol–water partition coefficient (Wildman–Crippen LogP) is -0.990. The average molecular weight is 188 g/mol. The van der Waals surface area contributed by atoms with Gasteiger partial charge in [-0.1, -0.05) is 0 Å². The molecule has 0 saturated carbocycles. The molecule has 0 aromatic heterocycles. The minimum Gasteiger partial charge on any atom is -0.396 e. The molecule has 4 N–H and O–H groups in total. The summed E-state index contributed by atoms with van der Waals surface area (Å²) in [6.07, 6.45) is 1.67. The van der Waals surface area contributed by atoms with E-state index in [9.17, 15) is 5.11 Å². The van der Waals surface area contributed by atoms with Crippen molar-refractivity contribution in [3.05, 3.63) is 0 Å². The Balaban J connectivity index is 2.17. The van der Waals surface area contributed by atoms with Crippen LogP contribution in [0.2, 0.25) is 0 Å². The summed E-state index contributed by atoms with van der Waals surface area (Å²) in [6.45, 7) is 3.26. The maximum Gasteiger partial charge on any atom is 0.0789 e. The van der Waals surface area contributed by atoms with Crippen molar-refractivity contribution in [3.63, 3.8) is 0 Å². The third-order valence-electron chi connectivity index (χ3n) is 2.71. The molecule has 1 atom stereocenters. The molecule has 0 aliphatic carbocycles. The number of nitrogens with two attached hydrogens (primary N) is 1. The number of aliphatic hydroxyl groups is 2. The first-order valence-corrected chi connectivity index (χ1v) is 4.97. The number of piperidine rings is 1. The van der Waals surface area contributed by atoms with Crippen molar-refractivity contribution in [2.45, 2.75) is 18.9 Å². The molecule has 1 unspecified atom stereocenters. The normalized spacial score (nSPS) is 23.3. The van der Waals surface area contributed by atoms with Gasteiger partial charge in [0.15, 0.2) is 0 Å². The zero-order chi connectivity index (χ0) is 9.68. The number of likely N-dealkylation sites (tertiary alicyclic amines) is 1. The summed E-state index contributed by atoms with van der Waals surface area (Å²) >= 11 is 0. The number of hydrogen-bond donors (Lipinski definition) is 3. The topological polar surface area (TPSA) is 69.7 Å². The number of hydrogen-bond acceptors (Lipinski definition) is 4. The fourth-order valence-corrected chi connectivity index (χ4v) is 1.72. The summed E-state index contributed by atoms with van der Waals surface area (Å²) in [6, 6.07) is 0. The molecule has 0 amide bonds. The maximum atomic E-state index is 9.32. The summed E-state index contributed by atoms with van der Waals surface area (Å²) < 4.78 is 0. The zero-order valence-corrected chi connectivity index (χ0v) is 8.02. The Labute approximate surface area is 79.3 Å². The largest absolute Gasteiger partial charge is 0.396 e. The van der Waals surface area contributed by atoms with Crippen molar-refractivity contribution in [1.82, 2.24) is 4.90 Å². The van der Waals surface area contributed by atoms with Crippen LogP contribution in [0.25, 0.3) is 0 Å². The lowest BCUT2D eigenvalue weighted by atomic mass is 9.98. The van der Waals surface area contributed by atoms with Crippen LogP contribution in [0.4, 0.5) is 0 Å². The Morgan fingerprint density at radius 2 is 2.00 bits per heavy atom. The standard InChI is InChI=1S/C9H20N2O2/c10-5-9(13)6-11-3-1-8(7-12)2-4-11/h8-9,12-13H,1-7,10H2. The fourth-order valence-electron chi connectivity index (χ4n) is 1.72. The smallest absolute Gasteiger partial charge is 0.0789 e. The van der Waals surface area contributed by atoms with Gasteiger partial charge in [-0.05, 0) is 31.8 Å². The summed E-state index contributed by atoms with van der Waals surface area (Å²) in [5.74, 6) is 0.464. The van der Waals surface area contributed by atoms with Gasteiger partial charge in [-0.3, -0.25) is 0 Å². The highest BCUT2D eigenvalue weighted by Crippen LogP contribution is 2.16. The molecule has 1 fully saturated rings.